The standard InChI is InChI=1S/C10H19NO.C10H18O.C7H16N.C7H13O.2Y/c1-8-4-6-9(7-5-8)10(12)11(2)3;1-3-10(11)9-6-4-8(2)5-7-9;1-3-4-5-6-7-8-2;1-2-3-4-5-6-7-8;;/h8-9H,4-7H2,1-3H3;8-9H,3-7H2,1-2H3;3-7H2,1-2H3;2-6H2,1H3;;/q;;2*-1;;. The summed E-state index contributed by atoms with van der Waals surface area (Å²) >= 11 is 0. The van der Waals surface area contributed by atoms with Crippen molar-refractivity contribution in [2.45, 2.75) is 150 Å². The molecule has 0 unspecified atom stereocenters. The van der Waals surface area contributed by atoms with E-state index in [4.69, 9.17) is 0 Å². The van der Waals surface area contributed by atoms with E-state index in [1.807, 2.05) is 34.4 Å². The maximum atomic E-state index is 11.5. The molecule has 0 aromatic rings. The molecule has 2 aliphatic carbocycles. The molecule has 2 aliphatic rings. The first kappa shape index (κ1) is 48.9. The number of carbonyl (C=O) groups is 2. The Morgan fingerprint density at radius 3 is 1.51 bits per heavy atom. The SMILES string of the molecule is CC1CCC(C(=O)N(C)C)CC1.CCC(=O)C1CCC(C)CC1.CCCCCC[C-]=O.CCCCCC[N-]C.[Y].[Y]. The van der Waals surface area contributed by atoms with E-state index in [0.717, 1.165) is 56.9 Å². The first-order valence-electron chi connectivity index (χ1n) is 16.3. The molecule has 5 nitrogen and oxygen atoms in total. The number of amides is 1. The van der Waals surface area contributed by atoms with Crippen LogP contribution in [0.2, 0.25) is 0 Å². The van der Waals surface area contributed by atoms with Crippen LogP contribution in [0.3, 0.4) is 0 Å². The molecule has 0 aromatic carbocycles. The molecule has 2 rings (SSSR count). The molecule has 0 aromatic heterocycles. The van der Waals surface area contributed by atoms with Gasteiger partial charge in [0.05, 0.1) is 0 Å². The van der Waals surface area contributed by atoms with Gasteiger partial charge >= 0.3 is 0 Å². The van der Waals surface area contributed by atoms with Gasteiger partial charge in [-0.15, -0.1) is 6.54 Å². The van der Waals surface area contributed by atoms with Crippen molar-refractivity contribution < 1.29 is 79.8 Å². The molecule has 7 heteroatoms. The predicted octanol–water partition coefficient (Wildman–Crippen LogP) is 9.32. The minimum Gasteiger partial charge on any atom is -0.665 e. The zero-order valence-corrected chi connectivity index (χ0v) is 34.2. The van der Waals surface area contributed by atoms with Gasteiger partial charge in [-0.2, -0.15) is 13.5 Å². The molecular weight excluding hydrogens is 662 g/mol. The van der Waals surface area contributed by atoms with Gasteiger partial charge in [0.15, 0.2) is 0 Å². The molecule has 0 atom stereocenters. The van der Waals surface area contributed by atoms with Crippen molar-refractivity contribution in [1.82, 2.24) is 4.90 Å². The molecule has 0 aliphatic heterocycles. The molecule has 1 amide bonds. The van der Waals surface area contributed by atoms with Crippen LogP contribution in [0.4, 0.5) is 0 Å². The largest absolute Gasteiger partial charge is 0.665 e. The number of carbonyl (C=O) groups excluding carboxylic acids is 3. The topological polar surface area (TPSA) is 68.6 Å². The Morgan fingerprint density at radius 1 is 0.707 bits per heavy atom. The Bertz CT molecular complexity index is 568. The zero-order valence-electron chi connectivity index (χ0n) is 28.5. The molecule has 2 saturated carbocycles. The summed E-state index contributed by atoms with van der Waals surface area (Å²) in [4.78, 5) is 34.2. The third-order valence-electron chi connectivity index (χ3n) is 7.99. The molecule has 0 bridgehead atoms. The molecule has 0 heterocycles. The van der Waals surface area contributed by atoms with Gasteiger partial charge in [-0.3, -0.25) is 15.9 Å². The number of hydrogen-bond donors (Lipinski definition) is 0. The van der Waals surface area contributed by atoms with Crippen molar-refractivity contribution in [2.75, 3.05) is 27.7 Å². The fourth-order valence-corrected chi connectivity index (χ4v) is 5.06. The number of hydrogen-bond acceptors (Lipinski definition) is 3. The normalized spacial score (nSPS) is 21.0. The van der Waals surface area contributed by atoms with E-state index in [0.29, 0.717) is 29.9 Å². The van der Waals surface area contributed by atoms with Crippen LogP contribution in [0.15, 0.2) is 0 Å². The van der Waals surface area contributed by atoms with Gasteiger partial charge in [0.25, 0.3) is 0 Å². The van der Waals surface area contributed by atoms with Crippen LogP contribution in [-0.4, -0.2) is 50.6 Å². The van der Waals surface area contributed by atoms with E-state index in [2.05, 4.69) is 33.0 Å². The molecule has 238 valence electrons. The number of ketones is 1. The first-order valence-corrected chi connectivity index (χ1v) is 16.3. The number of nitrogens with zero attached hydrogens (tertiary/aromatic N) is 2. The summed E-state index contributed by atoms with van der Waals surface area (Å²) in [6.45, 7) is 12.0. The first-order chi connectivity index (χ1) is 18.7. The quantitative estimate of drug-likeness (QED) is 0.140. The van der Waals surface area contributed by atoms with E-state index < -0.39 is 0 Å². The Labute approximate surface area is 306 Å². The Morgan fingerprint density at radius 2 is 1.15 bits per heavy atom. The average molecular weight is 729 g/mol. The smallest absolute Gasteiger partial charge is 0.225 e. The van der Waals surface area contributed by atoms with Crippen LogP contribution in [0, 0.1) is 23.7 Å². The molecule has 0 saturated heterocycles. The molecule has 2 radical (unpaired) electrons. The molecule has 2 fully saturated rings. The van der Waals surface area contributed by atoms with Crippen molar-refractivity contribution in [3.8, 4) is 0 Å². The number of unbranched alkanes of at least 4 members (excludes halogenated alkanes) is 7. The fraction of sp³-hybridized carbons (Fsp3) is 0.912. The summed E-state index contributed by atoms with van der Waals surface area (Å²) in [5, 5.41) is 4.01. The van der Waals surface area contributed by atoms with E-state index in [-0.39, 0.29) is 65.4 Å². The molecular formula is C34H66N2O3Y2-2. The predicted molar refractivity (Wildman–Crippen MR) is 169 cm³/mol. The molecule has 0 spiro atoms. The van der Waals surface area contributed by atoms with Crippen molar-refractivity contribution in [1.29, 1.82) is 0 Å². The molecule has 0 N–H and O–H groups in total. The van der Waals surface area contributed by atoms with Crippen molar-refractivity contribution in [2.24, 2.45) is 23.7 Å². The van der Waals surface area contributed by atoms with E-state index in [9.17, 15) is 14.4 Å². The third kappa shape index (κ3) is 30.8. The van der Waals surface area contributed by atoms with E-state index >= 15 is 0 Å². The van der Waals surface area contributed by atoms with Crippen LogP contribution < -0.4 is 0 Å². The summed E-state index contributed by atoms with van der Waals surface area (Å²) in [5.41, 5.74) is 0. The maximum Gasteiger partial charge on any atom is 0.225 e. The van der Waals surface area contributed by atoms with Gasteiger partial charge in [0.2, 0.25) is 5.91 Å². The van der Waals surface area contributed by atoms with Gasteiger partial charge in [-0.25, -0.2) is 0 Å². The van der Waals surface area contributed by atoms with E-state index in [1.165, 1.54) is 70.6 Å². The summed E-state index contributed by atoms with van der Waals surface area (Å²) in [6, 6.07) is 0. The third-order valence-corrected chi connectivity index (χ3v) is 7.99. The summed E-state index contributed by atoms with van der Waals surface area (Å²) in [7, 11) is 5.58. The Hall–Kier alpha value is 0.978. The Kier molecular flexibility index (Phi) is 42.3. The van der Waals surface area contributed by atoms with Crippen LogP contribution in [-0.2, 0) is 79.8 Å². The van der Waals surface area contributed by atoms with Crippen LogP contribution in [0.1, 0.15) is 150 Å². The minimum absolute atomic E-state index is 0. The van der Waals surface area contributed by atoms with Gasteiger partial charge in [-0.05, 0) is 50.4 Å². The summed E-state index contributed by atoms with van der Waals surface area (Å²) < 4.78 is 0. The van der Waals surface area contributed by atoms with Crippen LogP contribution >= 0.6 is 0 Å². The second-order valence-electron chi connectivity index (χ2n) is 12.0. The number of rotatable bonds is 13. The maximum absolute atomic E-state index is 11.5. The van der Waals surface area contributed by atoms with Crippen LogP contribution in [0.5, 0.6) is 0 Å². The van der Waals surface area contributed by atoms with Crippen molar-refractivity contribution >= 4 is 18.0 Å². The minimum atomic E-state index is 0. The monoisotopic (exact) mass is 728 g/mol. The second kappa shape index (κ2) is 35.5. The van der Waals surface area contributed by atoms with Gasteiger partial charge in [0, 0.05) is 97.8 Å². The average Bonchev–Trinajstić information content (AvgIpc) is 2.94. The van der Waals surface area contributed by atoms with Crippen molar-refractivity contribution in [3.63, 3.8) is 0 Å². The molecule has 41 heavy (non-hydrogen) atoms. The van der Waals surface area contributed by atoms with Gasteiger partial charge in [-0.1, -0.05) is 98.8 Å². The van der Waals surface area contributed by atoms with Gasteiger partial charge < -0.3 is 15.0 Å². The van der Waals surface area contributed by atoms with Crippen LogP contribution in [0.25, 0.3) is 5.32 Å². The summed E-state index contributed by atoms with van der Waals surface area (Å²) in [6.07, 6.45) is 22.7. The zero-order chi connectivity index (χ0) is 29.9. The Balaban J connectivity index is -0.000000223. The van der Waals surface area contributed by atoms with Crippen molar-refractivity contribution in [3.05, 3.63) is 5.32 Å². The number of Topliss-reactive ketones (excluding diaryl/α,β-unsaturated/α-hetero) is 1. The second-order valence-corrected chi connectivity index (χ2v) is 12.0. The summed E-state index contributed by atoms with van der Waals surface area (Å²) in [5.74, 6) is 3.22. The van der Waals surface area contributed by atoms with E-state index in [1.54, 1.807) is 4.90 Å². The van der Waals surface area contributed by atoms with Gasteiger partial charge in [0.1, 0.15) is 5.78 Å². The fourth-order valence-electron chi connectivity index (χ4n) is 5.06.